The molecule has 4 heteroatoms. The standard InChI is InChI=1S/C17H28N2O2/c1-4-19(12-14-8-10-18-11-9-14)13-15-6-5-7-16(20-2)17(15)21-3/h5-7,14,18H,4,8-13H2,1-3H3. The molecule has 0 saturated carbocycles. The SMILES string of the molecule is CCN(Cc1cccc(OC)c1OC)CC1CCNCC1. The van der Waals surface area contributed by atoms with Gasteiger partial charge in [-0.3, -0.25) is 4.90 Å². The third kappa shape index (κ3) is 4.35. The van der Waals surface area contributed by atoms with E-state index in [1.54, 1.807) is 14.2 Å². The summed E-state index contributed by atoms with van der Waals surface area (Å²) < 4.78 is 10.9. The summed E-state index contributed by atoms with van der Waals surface area (Å²) in [4.78, 5) is 2.51. The van der Waals surface area contributed by atoms with Gasteiger partial charge in [-0.15, -0.1) is 0 Å². The van der Waals surface area contributed by atoms with E-state index < -0.39 is 0 Å². The second-order valence-corrected chi connectivity index (χ2v) is 5.67. The van der Waals surface area contributed by atoms with Crippen LogP contribution in [0.25, 0.3) is 0 Å². The molecule has 1 aromatic carbocycles. The Kier molecular flexibility index (Phi) is 6.33. The van der Waals surface area contributed by atoms with Gasteiger partial charge >= 0.3 is 0 Å². The number of hydrogen-bond donors (Lipinski definition) is 1. The summed E-state index contributed by atoms with van der Waals surface area (Å²) >= 11 is 0. The zero-order valence-electron chi connectivity index (χ0n) is 13.5. The Bertz CT molecular complexity index is 431. The van der Waals surface area contributed by atoms with Gasteiger partial charge in [0.25, 0.3) is 0 Å². The van der Waals surface area contributed by atoms with Gasteiger partial charge < -0.3 is 14.8 Å². The first-order valence-electron chi connectivity index (χ1n) is 7.91. The molecule has 0 atom stereocenters. The number of methoxy groups -OCH3 is 2. The summed E-state index contributed by atoms with van der Waals surface area (Å²) in [7, 11) is 3.40. The van der Waals surface area contributed by atoms with Crippen LogP contribution in [0.15, 0.2) is 18.2 Å². The fraction of sp³-hybridized carbons (Fsp3) is 0.647. The largest absolute Gasteiger partial charge is 0.493 e. The molecule has 0 aromatic heterocycles. The zero-order chi connectivity index (χ0) is 15.1. The van der Waals surface area contributed by atoms with Gasteiger partial charge in [0.2, 0.25) is 0 Å². The first-order chi connectivity index (χ1) is 10.3. The maximum atomic E-state index is 5.54. The van der Waals surface area contributed by atoms with Crippen LogP contribution in [0, 0.1) is 5.92 Å². The summed E-state index contributed by atoms with van der Waals surface area (Å²) in [5, 5.41) is 3.43. The van der Waals surface area contributed by atoms with Gasteiger partial charge in [-0.25, -0.2) is 0 Å². The minimum atomic E-state index is 0.808. The van der Waals surface area contributed by atoms with Crippen LogP contribution in [0.1, 0.15) is 25.3 Å². The second-order valence-electron chi connectivity index (χ2n) is 5.67. The summed E-state index contributed by atoms with van der Waals surface area (Å²) in [6, 6.07) is 6.12. The van der Waals surface area contributed by atoms with Crippen LogP contribution in [-0.4, -0.2) is 45.3 Å². The average molecular weight is 292 g/mol. The summed E-state index contributed by atoms with van der Waals surface area (Å²) in [6.45, 7) is 7.69. The monoisotopic (exact) mass is 292 g/mol. The highest BCUT2D eigenvalue weighted by atomic mass is 16.5. The number of nitrogens with zero attached hydrogens (tertiary/aromatic N) is 1. The van der Waals surface area contributed by atoms with Crippen molar-refractivity contribution in [3.05, 3.63) is 23.8 Å². The highest BCUT2D eigenvalue weighted by molar-refractivity contribution is 5.46. The Morgan fingerprint density at radius 1 is 1.19 bits per heavy atom. The molecule has 0 radical (unpaired) electrons. The normalized spacial score (nSPS) is 16.2. The average Bonchev–Trinajstić information content (AvgIpc) is 2.54. The molecule has 1 aliphatic rings. The predicted octanol–water partition coefficient (Wildman–Crippen LogP) is 2.53. The number of ether oxygens (including phenoxy) is 2. The molecule has 1 aromatic rings. The van der Waals surface area contributed by atoms with E-state index in [1.807, 2.05) is 12.1 Å². The molecule has 0 amide bonds. The molecule has 0 spiro atoms. The molecule has 1 heterocycles. The number of para-hydroxylation sites is 1. The van der Waals surface area contributed by atoms with Crippen molar-refractivity contribution in [2.45, 2.75) is 26.3 Å². The van der Waals surface area contributed by atoms with Gasteiger partial charge in [0.1, 0.15) is 0 Å². The number of piperidine rings is 1. The third-order valence-electron chi connectivity index (χ3n) is 4.30. The van der Waals surface area contributed by atoms with E-state index in [-0.39, 0.29) is 0 Å². The van der Waals surface area contributed by atoms with Crippen molar-refractivity contribution in [1.29, 1.82) is 0 Å². The van der Waals surface area contributed by atoms with Gasteiger partial charge in [-0.2, -0.15) is 0 Å². The number of hydrogen-bond acceptors (Lipinski definition) is 4. The van der Waals surface area contributed by atoms with Crippen molar-refractivity contribution >= 4 is 0 Å². The van der Waals surface area contributed by atoms with Gasteiger partial charge in [0, 0.05) is 18.7 Å². The van der Waals surface area contributed by atoms with Gasteiger partial charge in [-0.05, 0) is 44.5 Å². The van der Waals surface area contributed by atoms with E-state index in [0.29, 0.717) is 0 Å². The van der Waals surface area contributed by atoms with Crippen molar-refractivity contribution in [2.24, 2.45) is 5.92 Å². The maximum Gasteiger partial charge on any atom is 0.165 e. The molecule has 1 aliphatic heterocycles. The molecule has 0 aliphatic carbocycles. The quantitative estimate of drug-likeness (QED) is 0.837. The first kappa shape index (κ1) is 16.1. The van der Waals surface area contributed by atoms with Gasteiger partial charge in [0.15, 0.2) is 11.5 Å². The molecule has 2 rings (SSSR count). The summed E-state index contributed by atoms with van der Waals surface area (Å²) in [5.74, 6) is 2.49. The number of rotatable bonds is 7. The molecular formula is C17H28N2O2. The molecule has 4 nitrogen and oxygen atoms in total. The Labute approximate surface area is 128 Å². The van der Waals surface area contributed by atoms with Gasteiger partial charge in [-0.1, -0.05) is 19.1 Å². The Hall–Kier alpha value is -1.26. The highest BCUT2D eigenvalue weighted by Crippen LogP contribution is 2.31. The van der Waals surface area contributed by atoms with E-state index in [1.165, 1.54) is 24.9 Å². The first-order valence-corrected chi connectivity index (χ1v) is 7.91. The van der Waals surface area contributed by atoms with E-state index in [9.17, 15) is 0 Å². The Morgan fingerprint density at radius 3 is 2.57 bits per heavy atom. The lowest BCUT2D eigenvalue weighted by Gasteiger charge is -2.29. The van der Waals surface area contributed by atoms with Crippen LogP contribution < -0.4 is 14.8 Å². The molecule has 0 bridgehead atoms. The molecule has 0 unspecified atom stereocenters. The van der Waals surface area contributed by atoms with Crippen LogP contribution in [0.5, 0.6) is 11.5 Å². The van der Waals surface area contributed by atoms with Crippen LogP contribution in [0.4, 0.5) is 0 Å². The lowest BCUT2D eigenvalue weighted by atomic mass is 9.97. The van der Waals surface area contributed by atoms with Crippen molar-refractivity contribution in [3.63, 3.8) is 0 Å². The summed E-state index contributed by atoms with van der Waals surface area (Å²) in [5.41, 5.74) is 1.20. The van der Waals surface area contributed by atoms with Crippen LogP contribution in [0.2, 0.25) is 0 Å². The van der Waals surface area contributed by atoms with Gasteiger partial charge in [0.05, 0.1) is 14.2 Å². The fourth-order valence-corrected chi connectivity index (χ4v) is 3.05. The minimum absolute atomic E-state index is 0.808. The topological polar surface area (TPSA) is 33.7 Å². The minimum Gasteiger partial charge on any atom is -0.493 e. The lowest BCUT2D eigenvalue weighted by molar-refractivity contribution is 0.204. The smallest absolute Gasteiger partial charge is 0.165 e. The van der Waals surface area contributed by atoms with E-state index in [0.717, 1.165) is 43.6 Å². The van der Waals surface area contributed by atoms with E-state index in [2.05, 4.69) is 23.2 Å². The van der Waals surface area contributed by atoms with Crippen LogP contribution >= 0.6 is 0 Å². The lowest BCUT2D eigenvalue weighted by Crippen LogP contribution is -2.36. The molecule has 1 fully saturated rings. The molecule has 1 N–H and O–H groups in total. The highest BCUT2D eigenvalue weighted by Gasteiger charge is 2.18. The van der Waals surface area contributed by atoms with Crippen molar-refractivity contribution in [2.75, 3.05) is 40.4 Å². The molecule has 21 heavy (non-hydrogen) atoms. The molecular weight excluding hydrogens is 264 g/mol. The van der Waals surface area contributed by atoms with Crippen molar-refractivity contribution < 1.29 is 9.47 Å². The Balaban J connectivity index is 2.03. The molecule has 1 saturated heterocycles. The Morgan fingerprint density at radius 2 is 1.95 bits per heavy atom. The van der Waals surface area contributed by atoms with Crippen LogP contribution in [-0.2, 0) is 6.54 Å². The van der Waals surface area contributed by atoms with Crippen LogP contribution in [0.3, 0.4) is 0 Å². The maximum absolute atomic E-state index is 5.54. The molecule has 118 valence electrons. The number of benzene rings is 1. The third-order valence-corrected chi connectivity index (χ3v) is 4.30. The number of nitrogens with one attached hydrogen (secondary N) is 1. The second kappa shape index (κ2) is 8.25. The zero-order valence-corrected chi connectivity index (χ0v) is 13.5. The van der Waals surface area contributed by atoms with E-state index >= 15 is 0 Å². The van der Waals surface area contributed by atoms with Crippen molar-refractivity contribution in [1.82, 2.24) is 10.2 Å². The van der Waals surface area contributed by atoms with Crippen molar-refractivity contribution in [3.8, 4) is 11.5 Å². The predicted molar refractivity (Wildman–Crippen MR) is 86.1 cm³/mol. The fourth-order valence-electron chi connectivity index (χ4n) is 3.05. The van der Waals surface area contributed by atoms with E-state index in [4.69, 9.17) is 9.47 Å². The summed E-state index contributed by atoms with van der Waals surface area (Å²) in [6.07, 6.45) is 2.57.